The molecule has 2 aromatic heterocycles. The van der Waals surface area contributed by atoms with Crippen LogP contribution in [0.2, 0.25) is 5.15 Å². The molecule has 4 atom stereocenters. The maximum absolute atomic E-state index is 14.3. The maximum atomic E-state index is 14.3. The van der Waals surface area contributed by atoms with Crippen LogP contribution in [0.15, 0.2) is 6.20 Å². The van der Waals surface area contributed by atoms with Gasteiger partial charge in [-0.25, -0.2) is 14.2 Å². The van der Waals surface area contributed by atoms with E-state index in [1.165, 1.54) is 6.20 Å². The van der Waals surface area contributed by atoms with Gasteiger partial charge in [0.05, 0.1) is 28.5 Å². The van der Waals surface area contributed by atoms with E-state index in [0.717, 1.165) is 32.2 Å². The molecule has 4 fully saturated rings. The molecule has 41 heavy (non-hydrogen) atoms. The first kappa shape index (κ1) is 28.4. The van der Waals surface area contributed by atoms with Crippen molar-refractivity contribution >= 4 is 34.4 Å². The van der Waals surface area contributed by atoms with Gasteiger partial charge in [-0.1, -0.05) is 11.6 Å². The summed E-state index contributed by atoms with van der Waals surface area (Å²) in [6.07, 6.45) is -1.58. The van der Waals surface area contributed by atoms with Crippen molar-refractivity contribution in [3.05, 3.63) is 16.9 Å². The number of nitrogens with zero attached hydrogens (tertiary/aromatic N) is 6. The van der Waals surface area contributed by atoms with Gasteiger partial charge >= 0.3 is 18.3 Å². The molecule has 6 heterocycles. The lowest BCUT2D eigenvalue weighted by molar-refractivity contribution is -0.136. The summed E-state index contributed by atoms with van der Waals surface area (Å²) in [6.45, 7) is 7.22. The van der Waals surface area contributed by atoms with Gasteiger partial charge in [0.15, 0.2) is 0 Å². The Morgan fingerprint density at radius 3 is 2.51 bits per heavy atom. The number of pyridine rings is 1. The van der Waals surface area contributed by atoms with E-state index < -0.39 is 45.8 Å². The number of fused-ring (bicyclic) bond motifs is 4. The molecule has 2 bridgehead atoms. The van der Waals surface area contributed by atoms with Crippen molar-refractivity contribution in [1.82, 2.24) is 24.8 Å². The zero-order valence-corrected chi connectivity index (χ0v) is 23.9. The summed E-state index contributed by atoms with van der Waals surface area (Å²) in [4.78, 5) is 31.2. The fourth-order valence-corrected chi connectivity index (χ4v) is 7.17. The molecule has 0 N–H and O–H groups in total. The van der Waals surface area contributed by atoms with Gasteiger partial charge in [-0.05, 0) is 53.0 Å². The van der Waals surface area contributed by atoms with Gasteiger partial charge in [0.2, 0.25) is 0 Å². The molecule has 0 radical (unpaired) electrons. The van der Waals surface area contributed by atoms with E-state index >= 15 is 0 Å². The Morgan fingerprint density at radius 1 is 1.15 bits per heavy atom. The monoisotopic (exact) mass is 600 g/mol. The molecule has 0 spiro atoms. The smallest absolute Gasteiger partial charge is 0.421 e. The van der Waals surface area contributed by atoms with Crippen LogP contribution in [-0.2, 0) is 10.9 Å². The van der Waals surface area contributed by atoms with Crippen LogP contribution in [0.25, 0.3) is 10.9 Å². The third-order valence-corrected chi connectivity index (χ3v) is 8.84. The van der Waals surface area contributed by atoms with Crippen LogP contribution in [-0.4, -0.2) is 93.0 Å². The van der Waals surface area contributed by atoms with Gasteiger partial charge in [-0.15, -0.1) is 0 Å². The number of alkyl halides is 4. The summed E-state index contributed by atoms with van der Waals surface area (Å²) < 4.78 is 68.5. The third-order valence-electron chi connectivity index (χ3n) is 8.56. The molecule has 0 aliphatic carbocycles. The molecule has 9 nitrogen and oxygen atoms in total. The van der Waals surface area contributed by atoms with Crippen LogP contribution in [0, 0.1) is 0 Å². The highest BCUT2D eigenvalue weighted by molar-refractivity contribution is 6.31. The summed E-state index contributed by atoms with van der Waals surface area (Å²) in [5.41, 5.74) is -2.75. The van der Waals surface area contributed by atoms with Crippen molar-refractivity contribution in [2.75, 3.05) is 37.7 Å². The van der Waals surface area contributed by atoms with Gasteiger partial charge in [-0.2, -0.15) is 23.1 Å². The molecule has 224 valence electrons. The number of hydrogen-bond acceptors (Lipinski definition) is 8. The second-order valence-corrected chi connectivity index (χ2v) is 12.9. The number of rotatable bonds is 4. The van der Waals surface area contributed by atoms with Crippen LogP contribution < -0.4 is 9.64 Å². The Balaban J connectivity index is 1.36. The largest absolute Gasteiger partial charge is 0.461 e. The molecule has 14 heteroatoms. The minimum Gasteiger partial charge on any atom is -0.461 e. The Labute approximate surface area is 240 Å². The zero-order valence-electron chi connectivity index (χ0n) is 23.2. The fourth-order valence-electron chi connectivity index (χ4n) is 6.92. The lowest BCUT2D eigenvalue weighted by Crippen LogP contribution is -2.57. The SMILES string of the molecule is CC(C)(C)OC(=O)N1C2CCC1CN(c1nc(OC[C@]34CCCN3C[C@@H](F)C4)nc3c(C(F)(F)F)c(Cl)ncc13)C2. The lowest BCUT2D eigenvalue weighted by Gasteiger charge is -2.42. The van der Waals surface area contributed by atoms with Crippen molar-refractivity contribution in [2.45, 2.75) is 88.4 Å². The summed E-state index contributed by atoms with van der Waals surface area (Å²) in [6, 6.07) is -0.636. The highest BCUT2D eigenvalue weighted by Crippen LogP contribution is 2.43. The average Bonchev–Trinajstić information content (AvgIpc) is 3.47. The van der Waals surface area contributed by atoms with E-state index in [1.807, 2.05) is 4.90 Å². The van der Waals surface area contributed by atoms with Gasteiger partial charge < -0.3 is 14.4 Å². The second kappa shape index (κ2) is 9.96. The number of piperazine rings is 1. The molecule has 4 aliphatic rings. The van der Waals surface area contributed by atoms with Crippen molar-refractivity contribution in [3.8, 4) is 6.01 Å². The van der Waals surface area contributed by atoms with E-state index in [0.29, 0.717) is 26.1 Å². The average molecular weight is 601 g/mol. The number of anilines is 1. The first-order chi connectivity index (χ1) is 19.2. The predicted octanol–water partition coefficient (Wildman–Crippen LogP) is 5.24. The lowest BCUT2D eigenvalue weighted by atomic mass is 9.95. The van der Waals surface area contributed by atoms with Crippen molar-refractivity contribution < 1.29 is 31.8 Å². The molecular formula is C27H33ClF4N6O3. The Kier molecular flexibility index (Phi) is 6.91. The van der Waals surface area contributed by atoms with Crippen molar-refractivity contribution in [3.63, 3.8) is 0 Å². The van der Waals surface area contributed by atoms with Crippen LogP contribution in [0.3, 0.4) is 0 Å². The highest BCUT2D eigenvalue weighted by Gasteiger charge is 2.50. The van der Waals surface area contributed by atoms with Crippen LogP contribution in [0.5, 0.6) is 6.01 Å². The second-order valence-electron chi connectivity index (χ2n) is 12.6. The molecule has 4 saturated heterocycles. The molecule has 0 saturated carbocycles. The molecule has 2 unspecified atom stereocenters. The van der Waals surface area contributed by atoms with Crippen molar-refractivity contribution in [2.24, 2.45) is 0 Å². The molecule has 6 rings (SSSR count). The van der Waals surface area contributed by atoms with E-state index in [9.17, 15) is 22.4 Å². The van der Waals surface area contributed by atoms with Crippen LogP contribution in [0.1, 0.15) is 58.4 Å². The minimum absolute atomic E-state index is 0.0657. The van der Waals surface area contributed by atoms with Gasteiger partial charge in [0.25, 0.3) is 0 Å². The van der Waals surface area contributed by atoms with Crippen molar-refractivity contribution in [1.29, 1.82) is 0 Å². The summed E-state index contributed by atoms with van der Waals surface area (Å²) in [5, 5.41) is -0.628. The van der Waals surface area contributed by atoms with Gasteiger partial charge in [0, 0.05) is 32.3 Å². The topological polar surface area (TPSA) is 83.9 Å². The van der Waals surface area contributed by atoms with E-state index in [2.05, 4.69) is 19.9 Å². The fraction of sp³-hybridized carbons (Fsp3) is 0.704. The Hall–Kier alpha value is -2.67. The molecule has 2 aromatic rings. The molecule has 1 amide bonds. The maximum Gasteiger partial charge on any atom is 0.421 e. The van der Waals surface area contributed by atoms with Gasteiger partial charge in [-0.3, -0.25) is 9.80 Å². The first-order valence-corrected chi connectivity index (χ1v) is 14.3. The van der Waals surface area contributed by atoms with Gasteiger partial charge in [0.1, 0.15) is 34.9 Å². The third kappa shape index (κ3) is 5.24. The number of halogens is 5. The number of aromatic nitrogens is 3. The van der Waals surface area contributed by atoms with E-state index in [4.69, 9.17) is 21.1 Å². The first-order valence-electron chi connectivity index (χ1n) is 14.0. The molecular weight excluding hydrogens is 568 g/mol. The number of ether oxygens (including phenoxy) is 2. The Bertz CT molecular complexity index is 1340. The summed E-state index contributed by atoms with van der Waals surface area (Å²) in [7, 11) is 0. The number of hydrogen-bond donors (Lipinski definition) is 0. The van der Waals surface area contributed by atoms with E-state index in [-0.39, 0.29) is 35.9 Å². The standard InChI is InChI=1S/C27H33ClF4N6O3/c1-25(2,3)41-24(39)38-16-5-6-17(38)13-36(12-16)22-18-10-33-21(28)19(27(30,31)32)20(18)34-23(35-22)40-14-26-7-4-8-37(26)11-15(29)9-26/h10,15-17H,4-9,11-14H2,1-3H3/t15-,16?,17?,26+/m0/s1. The molecule has 4 aliphatic heterocycles. The van der Waals surface area contributed by atoms with Crippen LogP contribution in [0.4, 0.5) is 28.2 Å². The minimum atomic E-state index is -4.82. The Morgan fingerprint density at radius 2 is 1.85 bits per heavy atom. The normalized spacial score (nSPS) is 28.4. The molecule has 0 aromatic carbocycles. The number of amides is 1. The zero-order chi connectivity index (χ0) is 29.3. The van der Waals surface area contributed by atoms with Crippen LogP contribution >= 0.6 is 11.6 Å². The number of carbonyl (C=O) groups is 1. The predicted molar refractivity (Wildman–Crippen MR) is 143 cm³/mol. The highest BCUT2D eigenvalue weighted by atomic mass is 35.5. The summed E-state index contributed by atoms with van der Waals surface area (Å²) in [5.74, 6) is 0.232. The quantitative estimate of drug-likeness (QED) is 0.348. The number of carbonyl (C=O) groups excluding carboxylic acids is 1. The van der Waals surface area contributed by atoms with E-state index in [1.54, 1.807) is 25.7 Å². The summed E-state index contributed by atoms with van der Waals surface area (Å²) >= 11 is 5.96.